The normalized spacial score (nSPS) is 9.79. The van der Waals surface area contributed by atoms with Gasteiger partial charge in [-0.25, -0.2) is 0 Å². The van der Waals surface area contributed by atoms with Crippen molar-refractivity contribution in [3.05, 3.63) is 34.9 Å². The molecule has 1 aromatic rings. The van der Waals surface area contributed by atoms with Crippen LogP contribution in [0.4, 0.5) is 0 Å². The van der Waals surface area contributed by atoms with E-state index in [4.69, 9.17) is 28.6 Å². The Kier molecular flexibility index (Phi) is 6.83. The fraction of sp³-hybridized carbons (Fsp3) is 0.250. The van der Waals surface area contributed by atoms with E-state index in [1.165, 1.54) is 0 Å². The summed E-state index contributed by atoms with van der Waals surface area (Å²) in [7, 11) is 0. The standard InChI is InChI=1S/C12H12ClNO3S2/c1-2-17-12(18)19-7-10(15)14-11(16)8-3-5-9(13)6-4-8/h3-6H,2,7H2,1H3,(H,14,15,16). The van der Waals surface area contributed by atoms with Gasteiger partial charge in [0.1, 0.15) is 0 Å². The molecule has 7 heteroatoms. The Labute approximate surface area is 125 Å². The summed E-state index contributed by atoms with van der Waals surface area (Å²) in [6, 6.07) is 6.26. The molecule has 2 amide bonds. The molecule has 0 saturated heterocycles. The van der Waals surface area contributed by atoms with E-state index in [0.717, 1.165) is 11.8 Å². The second-order valence-corrected chi connectivity index (χ2v) is 5.37. The number of imide groups is 1. The maximum atomic E-state index is 11.7. The number of hydrogen-bond donors (Lipinski definition) is 1. The number of halogens is 1. The molecule has 0 fully saturated rings. The SMILES string of the molecule is CCOC(=S)SCC(=O)NC(=O)c1ccc(Cl)cc1. The largest absolute Gasteiger partial charge is 0.479 e. The number of carbonyl (C=O) groups excluding carboxylic acids is 2. The third-order valence-corrected chi connectivity index (χ3v) is 3.43. The van der Waals surface area contributed by atoms with Crippen LogP contribution in [0.25, 0.3) is 0 Å². The van der Waals surface area contributed by atoms with E-state index in [-0.39, 0.29) is 10.1 Å². The van der Waals surface area contributed by atoms with Gasteiger partial charge in [0.25, 0.3) is 5.91 Å². The average molecular weight is 318 g/mol. The Bertz CT molecular complexity index is 476. The van der Waals surface area contributed by atoms with Gasteiger partial charge in [0.05, 0.1) is 12.4 Å². The lowest BCUT2D eigenvalue weighted by Gasteiger charge is -2.05. The second kappa shape index (κ2) is 8.14. The first-order valence-corrected chi connectivity index (χ1v) is 7.19. The summed E-state index contributed by atoms with van der Waals surface area (Å²) in [5.74, 6) is -0.852. The van der Waals surface area contributed by atoms with Crippen molar-refractivity contribution < 1.29 is 14.3 Å². The summed E-state index contributed by atoms with van der Waals surface area (Å²) >= 11 is 11.6. The molecule has 19 heavy (non-hydrogen) atoms. The average Bonchev–Trinajstić information content (AvgIpc) is 2.37. The van der Waals surface area contributed by atoms with Crippen molar-refractivity contribution in [2.75, 3.05) is 12.4 Å². The number of carbonyl (C=O) groups is 2. The van der Waals surface area contributed by atoms with Crippen LogP contribution in [0.1, 0.15) is 17.3 Å². The van der Waals surface area contributed by atoms with Gasteiger partial charge in [0, 0.05) is 10.6 Å². The number of thioether (sulfide) groups is 1. The molecule has 0 bridgehead atoms. The van der Waals surface area contributed by atoms with Crippen LogP contribution in [0.3, 0.4) is 0 Å². The first-order valence-electron chi connectivity index (χ1n) is 5.42. The molecule has 0 aromatic heterocycles. The van der Waals surface area contributed by atoms with Crippen LogP contribution in [-0.4, -0.2) is 28.6 Å². The van der Waals surface area contributed by atoms with Crippen LogP contribution >= 0.6 is 35.6 Å². The highest BCUT2D eigenvalue weighted by molar-refractivity contribution is 8.23. The molecule has 0 saturated carbocycles. The van der Waals surface area contributed by atoms with Crippen molar-refractivity contribution in [1.29, 1.82) is 0 Å². The molecule has 0 heterocycles. The molecule has 1 N–H and O–H groups in total. The van der Waals surface area contributed by atoms with E-state index in [2.05, 4.69) is 5.32 Å². The van der Waals surface area contributed by atoms with Crippen LogP contribution in [0.15, 0.2) is 24.3 Å². The Hall–Kier alpha value is -1.11. The number of benzene rings is 1. The van der Waals surface area contributed by atoms with Crippen LogP contribution in [0.2, 0.25) is 5.02 Å². The lowest BCUT2D eigenvalue weighted by atomic mass is 10.2. The summed E-state index contributed by atoms with van der Waals surface area (Å²) in [5, 5.41) is 2.78. The number of thiocarbonyl (C=S) groups is 1. The molecule has 0 spiro atoms. The molecular weight excluding hydrogens is 306 g/mol. The molecule has 0 aliphatic carbocycles. The minimum atomic E-state index is -0.468. The highest BCUT2D eigenvalue weighted by Crippen LogP contribution is 2.09. The van der Waals surface area contributed by atoms with Crippen LogP contribution < -0.4 is 5.32 Å². The quantitative estimate of drug-likeness (QED) is 0.865. The van der Waals surface area contributed by atoms with Crippen molar-refractivity contribution in [1.82, 2.24) is 5.32 Å². The molecule has 0 unspecified atom stereocenters. The van der Waals surface area contributed by atoms with Crippen LogP contribution in [-0.2, 0) is 9.53 Å². The zero-order valence-electron chi connectivity index (χ0n) is 10.1. The van der Waals surface area contributed by atoms with Gasteiger partial charge in [-0.15, -0.1) is 0 Å². The predicted octanol–water partition coefficient (Wildman–Crippen LogP) is 2.65. The van der Waals surface area contributed by atoms with Crippen molar-refractivity contribution in [3.63, 3.8) is 0 Å². The smallest absolute Gasteiger partial charge is 0.257 e. The van der Waals surface area contributed by atoms with Crippen molar-refractivity contribution in [2.24, 2.45) is 0 Å². The molecule has 102 valence electrons. The summed E-state index contributed by atoms with van der Waals surface area (Å²) in [6.45, 7) is 2.26. The summed E-state index contributed by atoms with van der Waals surface area (Å²) in [5.41, 5.74) is 0.370. The molecule has 1 rings (SSSR count). The van der Waals surface area contributed by atoms with Crippen LogP contribution in [0.5, 0.6) is 0 Å². The summed E-state index contributed by atoms with van der Waals surface area (Å²) < 4.78 is 5.30. The minimum Gasteiger partial charge on any atom is -0.479 e. The van der Waals surface area contributed by atoms with Gasteiger partial charge in [-0.3, -0.25) is 14.9 Å². The zero-order chi connectivity index (χ0) is 14.3. The maximum Gasteiger partial charge on any atom is 0.257 e. The fourth-order valence-corrected chi connectivity index (χ4v) is 2.06. The van der Waals surface area contributed by atoms with E-state index >= 15 is 0 Å². The zero-order valence-corrected chi connectivity index (χ0v) is 12.5. The molecule has 1 aromatic carbocycles. The molecule has 0 radical (unpaired) electrons. The van der Waals surface area contributed by atoms with Gasteiger partial charge in [-0.1, -0.05) is 23.4 Å². The fourth-order valence-electron chi connectivity index (χ4n) is 1.12. The number of hydrogen-bond acceptors (Lipinski definition) is 5. The molecule has 0 aliphatic rings. The van der Waals surface area contributed by atoms with Gasteiger partial charge < -0.3 is 4.74 Å². The van der Waals surface area contributed by atoms with Gasteiger partial charge in [0.15, 0.2) is 0 Å². The minimum absolute atomic E-state index is 0.0398. The van der Waals surface area contributed by atoms with E-state index in [1.807, 2.05) is 0 Å². The number of rotatable bonds is 4. The highest BCUT2D eigenvalue weighted by atomic mass is 35.5. The Morgan fingerprint density at radius 3 is 2.58 bits per heavy atom. The topological polar surface area (TPSA) is 55.4 Å². The van der Waals surface area contributed by atoms with Gasteiger partial charge >= 0.3 is 0 Å². The number of amides is 2. The molecule has 4 nitrogen and oxygen atoms in total. The maximum absolute atomic E-state index is 11.7. The molecule has 0 aliphatic heterocycles. The van der Waals surface area contributed by atoms with E-state index < -0.39 is 11.8 Å². The number of ether oxygens (including phenoxy) is 1. The van der Waals surface area contributed by atoms with E-state index in [1.54, 1.807) is 31.2 Å². The van der Waals surface area contributed by atoms with Gasteiger partial charge in [-0.2, -0.15) is 0 Å². The Morgan fingerprint density at radius 2 is 2.00 bits per heavy atom. The third-order valence-electron chi connectivity index (χ3n) is 1.94. The first-order chi connectivity index (χ1) is 9.02. The Balaban J connectivity index is 2.42. The van der Waals surface area contributed by atoms with E-state index in [9.17, 15) is 9.59 Å². The van der Waals surface area contributed by atoms with Gasteiger partial charge in [0.2, 0.25) is 10.3 Å². The molecule has 0 atom stereocenters. The van der Waals surface area contributed by atoms with E-state index in [0.29, 0.717) is 17.2 Å². The highest BCUT2D eigenvalue weighted by Gasteiger charge is 2.11. The monoisotopic (exact) mass is 317 g/mol. The van der Waals surface area contributed by atoms with Crippen molar-refractivity contribution in [2.45, 2.75) is 6.92 Å². The van der Waals surface area contributed by atoms with Gasteiger partial charge in [-0.05, 0) is 43.4 Å². The lowest BCUT2D eigenvalue weighted by molar-refractivity contribution is -0.117. The lowest BCUT2D eigenvalue weighted by Crippen LogP contribution is -2.32. The summed E-state index contributed by atoms with van der Waals surface area (Å²) in [6.07, 6.45) is 0. The molecular formula is C12H12ClNO3S2. The van der Waals surface area contributed by atoms with Crippen molar-refractivity contribution in [3.8, 4) is 0 Å². The van der Waals surface area contributed by atoms with Crippen molar-refractivity contribution >= 4 is 51.8 Å². The van der Waals surface area contributed by atoms with Crippen LogP contribution in [0, 0.1) is 0 Å². The predicted molar refractivity (Wildman–Crippen MR) is 80.6 cm³/mol. The third kappa shape index (κ3) is 6.04. The summed E-state index contributed by atoms with van der Waals surface area (Å²) in [4.78, 5) is 23.2. The first kappa shape index (κ1) is 15.9. The Morgan fingerprint density at radius 1 is 1.37 bits per heavy atom. The second-order valence-electron chi connectivity index (χ2n) is 3.36. The number of nitrogens with one attached hydrogen (secondary N) is 1.